The van der Waals surface area contributed by atoms with Gasteiger partial charge in [-0.2, -0.15) is 13.1 Å². The molecule has 6 nitrogen and oxygen atoms in total. The molecule has 0 saturated carbocycles. The van der Waals surface area contributed by atoms with Gasteiger partial charge in [-0.3, -0.25) is 4.79 Å². The second kappa shape index (κ2) is 7.21. The van der Waals surface area contributed by atoms with Crippen molar-refractivity contribution in [3.05, 3.63) is 0 Å². The Labute approximate surface area is 116 Å². The Bertz CT molecular complexity index is 387. The van der Waals surface area contributed by atoms with Gasteiger partial charge in [0, 0.05) is 6.54 Å². The largest absolute Gasteiger partial charge is 0.459 e. The van der Waals surface area contributed by atoms with E-state index >= 15 is 0 Å². The molecule has 0 spiro atoms. The zero-order valence-electron chi connectivity index (χ0n) is 12.6. The zero-order chi connectivity index (χ0) is 15.3. The minimum Gasteiger partial charge on any atom is -0.459 e. The summed E-state index contributed by atoms with van der Waals surface area (Å²) < 4.78 is 33.3. The van der Waals surface area contributed by atoms with Crippen LogP contribution < -0.4 is 9.44 Å². The maximum atomic E-state index is 12.1. The molecule has 0 rings (SSSR count). The van der Waals surface area contributed by atoms with E-state index in [4.69, 9.17) is 4.74 Å². The van der Waals surface area contributed by atoms with E-state index in [1.54, 1.807) is 27.7 Å². The van der Waals surface area contributed by atoms with E-state index < -0.39 is 27.8 Å². The van der Waals surface area contributed by atoms with Crippen molar-refractivity contribution in [3.8, 4) is 0 Å². The molecule has 0 aliphatic carbocycles. The number of carbonyl (C=O) groups is 1. The van der Waals surface area contributed by atoms with Gasteiger partial charge in [-0.1, -0.05) is 27.2 Å². The van der Waals surface area contributed by atoms with Crippen molar-refractivity contribution in [2.24, 2.45) is 5.92 Å². The molecule has 0 aliphatic rings. The Morgan fingerprint density at radius 3 is 2.16 bits per heavy atom. The van der Waals surface area contributed by atoms with Crippen LogP contribution in [0.4, 0.5) is 0 Å². The molecular weight excluding hydrogens is 268 g/mol. The highest BCUT2D eigenvalue weighted by molar-refractivity contribution is 7.87. The first-order valence-corrected chi connectivity index (χ1v) is 8.00. The van der Waals surface area contributed by atoms with Crippen molar-refractivity contribution < 1.29 is 17.9 Å². The van der Waals surface area contributed by atoms with Crippen LogP contribution in [0.1, 0.15) is 48.0 Å². The van der Waals surface area contributed by atoms with Crippen LogP contribution in [-0.4, -0.2) is 32.6 Å². The summed E-state index contributed by atoms with van der Waals surface area (Å²) in [5.74, 6) is -0.702. The fourth-order valence-electron chi connectivity index (χ4n) is 1.40. The van der Waals surface area contributed by atoms with E-state index in [1.807, 2.05) is 13.8 Å². The average molecular weight is 294 g/mol. The second-order valence-corrected chi connectivity index (χ2v) is 7.05. The van der Waals surface area contributed by atoms with Gasteiger partial charge in [0.2, 0.25) is 0 Å². The molecule has 0 amide bonds. The van der Waals surface area contributed by atoms with Gasteiger partial charge in [0.05, 0.1) is 0 Å². The van der Waals surface area contributed by atoms with Gasteiger partial charge in [0.1, 0.15) is 11.6 Å². The molecule has 0 aromatic heterocycles. The molecule has 2 N–H and O–H groups in total. The molecule has 0 aromatic rings. The lowest BCUT2D eigenvalue weighted by Crippen LogP contribution is -2.51. The summed E-state index contributed by atoms with van der Waals surface area (Å²) in [5, 5.41) is 0. The Kier molecular flexibility index (Phi) is 6.96. The van der Waals surface area contributed by atoms with Crippen molar-refractivity contribution >= 4 is 16.2 Å². The minimum atomic E-state index is -3.69. The summed E-state index contributed by atoms with van der Waals surface area (Å²) in [4.78, 5) is 12.1. The second-order valence-electron chi connectivity index (χ2n) is 5.52. The van der Waals surface area contributed by atoms with E-state index in [2.05, 4.69) is 9.44 Å². The number of nitrogens with one attached hydrogen (secondary N) is 2. The highest BCUT2D eigenvalue weighted by Crippen LogP contribution is 2.15. The number of ether oxygens (including phenoxy) is 1. The molecule has 0 bridgehead atoms. The molecule has 0 fully saturated rings. The monoisotopic (exact) mass is 294 g/mol. The standard InChI is InChI=1S/C12H26N2O4S/c1-7-9(3)10(11(15)18-12(4,5)6)14-19(16,17)13-8-2/h9-10,13-14H,7-8H2,1-6H3/t9-,10-/m0/s1. The molecule has 0 saturated heterocycles. The van der Waals surface area contributed by atoms with Crippen LogP contribution in [0.5, 0.6) is 0 Å². The summed E-state index contributed by atoms with van der Waals surface area (Å²) in [6.45, 7) is 10.9. The van der Waals surface area contributed by atoms with Gasteiger partial charge in [0.15, 0.2) is 0 Å². The Balaban J connectivity index is 4.98. The lowest BCUT2D eigenvalue weighted by molar-refractivity contribution is -0.158. The zero-order valence-corrected chi connectivity index (χ0v) is 13.4. The maximum Gasteiger partial charge on any atom is 0.325 e. The van der Waals surface area contributed by atoms with Crippen LogP contribution in [0, 0.1) is 5.92 Å². The van der Waals surface area contributed by atoms with Gasteiger partial charge in [-0.15, -0.1) is 0 Å². The first kappa shape index (κ1) is 18.3. The highest BCUT2D eigenvalue weighted by atomic mass is 32.2. The van der Waals surface area contributed by atoms with Crippen LogP contribution in [0.15, 0.2) is 0 Å². The van der Waals surface area contributed by atoms with Crippen LogP contribution >= 0.6 is 0 Å². The van der Waals surface area contributed by atoms with Crippen molar-refractivity contribution in [1.29, 1.82) is 0 Å². The SMILES string of the molecule is CCNS(=O)(=O)N[C@H](C(=O)OC(C)(C)C)[C@@H](C)CC. The number of hydrogen-bond acceptors (Lipinski definition) is 4. The third-order valence-electron chi connectivity index (χ3n) is 2.49. The van der Waals surface area contributed by atoms with Crippen LogP contribution in [0.3, 0.4) is 0 Å². The summed E-state index contributed by atoms with van der Waals surface area (Å²) >= 11 is 0. The molecule has 19 heavy (non-hydrogen) atoms. The first-order valence-electron chi connectivity index (χ1n) is 6.52. The van der Waals surface area contributed by atoms with E-state index in [1.165, 1.54) is 0 Å². The summed E-state index contributed by atoms with van der Waals surface area (Å²) in [6.07, 6.45) is 0.665. The molecule has 0 radical (unpaired) electrons. The molecular formula is C12H26N2O4S. The quantitative estimate of drug-likeness (QED) is 0.691. The third-order valence-corrected chi connectivity index (χ3v) is 3.72. The van der Waals surface area contributed by atoms with Crippen LogP contribution in [0.25, 0.3) is 0 Å². The summed E-state index contributed by atoms with van der Waals surface area (Å²) in [6, 6.07) is -0.881. The predicted molar refractivity (Wildman–Crippen MR) is 74.8 cm³/mol. The normalized spacial score (nSPS) is 15.9. The maximum absolute atomic E-state index is 12.1. The molecule has 0 aliphatic heterocycles. The Morgan fingerprint density at radius 2 is 1.79 bits per heavy atom. The van der Waals surface area contributed by atoms with E-state index in [0.29, 0.717) is 6.42 Å². The highest BCUT2D eigenvalue weighted by Gasteiger charge is 2.32. The van der Waals surface area contributed by atoms with Gasteiger partial charge < -0.3 is 4.74 Å². The minimum absolute atomic E-state index is 0.150. The topological polar surface area (TPSA) is 84.5 Å². The van der Waals surface area contributed by atoms with Crippen molar-refractivity contribution in [2.45, 2.75) is 59.6 Å². The van der Waals surface area contributed by atoms with Crippen LogP contribution in [0.2, 0.25) is 0 Å². The fourth-order valence-corrected chi connectivity index (χ4v) is 2.52. The summed E-state index contributed by atoms with van der Waals surface area (Å²) in [7, 11) is -3.69. The Morgan fingerprint density at radius 1 is 1.26 bits per heavy atom. The van der Waals surface area contributed by atoms with Gasteiger partial charge in [-0.25, -0.2) is 4.72 Å². The smallest absolute Gasteiger partial charge is 0.325 e. The van der Waals surface area contributed by atoms with E-state index in [-0.39, 0.29) is 12.5 Å². The van der Waals surface area contributed by atoms with Gasteiger partial charge in [0.25, 0.3) is 10.2 Å². The van der Waals surface area contributed by atoms with Gasteiger partial charge >= 0.3 is 5.97 Å². The number of carbonyl (C=O) groups excluding carboxylic acids is 1. The van der Waals surface area contributed by atoms with Crippen molar-refractivity contribution in [3.63, 3.8) is 0 Å². The lowest BCUT2D eigenvalue weighted by Gasteiger charge is -2.27. The molecule has 2 atom stereocenters. The predicted octanol–water partition coefficient (Wildman–Crippen LogP) is 1.19. The van der Waals surface area contributed by atoms with Crippen molar-refractivity contribution in [1.82, 2.24) is 9.44 Å². The van der Waals surface area contributed by atoms with Gasteiger partial charge in [-0.05, 0) is 26.7 Å². The molecule has 7 heteroatoms. The van der Waals surface area contributed by atoms with Crippen molar-refractivity contribution in [2.75, 3.05) is 6.54 Å². The molecule has 0 heterocycles. The number of rotatable bonds is 7. The fraction of sp³-hybridized carbons (Fsp3) is 0.917. The molecule has 0 unspecified atom stereocenters. The Hall–Kier alpha value is -0.660. The van der Waals surface area contributed by atoms with Crippen LogP contribution in [-0.2, 0) is 19.7 Å². The first-order chi connectivity index (χ1) is 8.52. The number of esters is 1. The number of hydrogen-bond donors (Lipinski definition) is 2. The molecule has 114 valence electrons. The average Bonchev–Trinajstić information content (AvgIpc) is 2.22. The van der Waals surface area contributed by atoms with E-state index in [0.717, 1.165) is 0 Å². The van der Waals surface area contributed by atoms with E-state index in [9.17, 15) is 13.2 Å². The lowest BCUT2D eigenvalue weighted by atomic mass is 10.00. The summed E-state index contributed by atoms with van der Waals surface area (Å²) in [5.41, 5.74) is -0.646. The third kappa shape index (κ3) is 7.49. The molecule has 0 aromatic carbocycles.